The number of nitrogens with two attached hydrogens (primary N) is 2. The predicted octanol–water partition coefficient (Wildman–Crippen LogP) is -1.37. The van der Waals surface area contributed by atoms with Crippen LogP contribution in [-0.4, -0.2) is 58.6 Å². The molecule has 1 aromatic heterocycles. The molecule has 33 heavy (non-hydrogen) atoms. The summed E-state index contributed by atoms with van der Waals surface area (Å²) in [5.74, 6) is 2.15. The molecular weight excluding hydrogens is 537 g/mol. The zero-order chi connectivity index (χ0) is 25.4. The van der Waals surface area contributed by atoms with Gasteiger partial charge in [-0.3, -0.25) is 9.09 Å². The summed E-state index contributed by atoms with van der Waals surface area (Å²) in [5, 5.41) is 12.5. The Hall–Kier alpha value is -1.18. The van der Waals surface area contributed by atoms with Crippen molar-refractivity contribution < 1.29 is 56.3 Å². The minimum absolute atomic E-state index is 0.123. The maximum absolute atomic E-state index is 12.3. The van der Waals surface area contributed by atoms with Gasteiger partial charge in [0.25, 0.3) is 0 Å². The van der Waals surface area contributed by atoms with Crippen molar-refractivity contribution in [1.29, 1.82) is 0 Å². The average Bonchev–Trinajstić information content (AvgIpc) is 2.81. The van der Waals surface area contributed by atoms with Crippen LogP contribution in [-0.2, 0) is 31.6 Å². The number of hydrogen-bond acceptors (Lipinski definition) is 12. The van der Waals surface area contributed by atoms with E-state index >= 15 is 0 Å². The van der Waals surface area contributed by atoms with Crippen LogP contribution >= 0.6 is 35.1 Å². The lowest BCUT2D eigenvalue weighted by molar-refractivity contribution is -0.0474. The van der Waals surface area contributed by atoms with E-state index in [2.05, 4.69) is 24.0 Å². The average molecular weight is 555 g/mol. The minimum Gasteiger partial charge on any atom is -0.387 e. The monoisotopic (exact) mass is 554 g/mol. The Labute approximate surface area is 189 Å². The Morgan fingerprint density at radius 2 is 1.88 bits per heavy atom. The van der Waals surface area contributed by atoms with E-state index in [-0.39, 0.29) is 11.5 Å². The molecule has 0 aliphatic carbocycles. The van der Waals surface area contributed by atoms with Gasteiger partial charge < -0.3 is 40.9 Å². The third kappa shape index (κ3) is 6.92. The lowest BCUT2D eigenvalue weighted by atomic mass is 9.92. The van der Waals surface area contributed by atoms with E-state index in [0.717, 1.165) is 4.57 Å². The number of hydrogen-bond donors (Lipinski definition) is 7. The second-order valence-corrected chi connectivity index (χ2v) is 11.1. The molecule has 0 bridgehead atoms. The van der Waals surface area contributed by atoms with Gasteiger partial charge in [-0.1, -0.05) is 5.92 Å². The number of ether oxygens (including phenoxy) is 1. The Kier molecular flexibility index (Phi) is 8.35. The van der Waals surface area contributed by atoms with Crippen molar-refractivity contribution >= 4 is 40.9 Å². The highest BCUT2D eigenvalue weighted by Crippen LogP contribution is 2.66. The number of aryl methyl sites for hydroxylation is 1. The molecule has 0 saturated carbocycles. The van der Waals surface area contributed by atoms with Crippen LogP contribution in [0.2, 0.25) is 0 Å². The summed E-state index contributed by atoms with van der Waals surface area (Å²) in [6, 6.07) is 1.28. The van der Waals surface area contributed by atoms with Crippen LogP contribution in [0.1, 0.15) is 11.9 Å². The first-order valence-electron chi connectivity index (χ1n) is 8.30. The molecule has 3 unspecified atom stereocenters. The lowest BCUT2D eigenvalue weighted by Gasteiger charge is -2.28. The molecule has 0 aromatic carbocycles. The molecule has 21 heteroatoms. The van der Waals surface area contributed by atoms with Gasteiger partial charge in [0.05, 0.1) is 6.61 Å². The predicted molar refractivity (Wildman–Crippen MR) is 108 cm³/mol. The number of nitrogens with zero attached hydrogens (tertiary/aromatic N) is 2. The maximum Gasteiger partial charge on any atom is 0.490 e. The SMILES string of the molecule is Cc1cc(N)nc(=O)n1[C@@H]1O[C@H](COP(=O)(O)OP(=O)(O)OP(=O)(O)O)[C@H](O)C1(N)C#CCl. The van der Waals surface area contributed by atoms with E-state index in [9.17, 15) is 33.4 Å². The summed E-state index contributed by atoms with van der Waals surface area (Å²) >= 11 is 5.41. The number of phosphoric acid groups is 3. The van der Waals surface area contributed by atoms with Gasteiger partial charge in [0, 0.05) is 11.1 Å². The lowest BCUT2D eigenvalue weighted by Crippen LogP contribution is -2.55. The number of phosphoric ester groups is 1. The van der Waals surface area contributed by atoms with E-state index < -0.39 is 59.7 Å². The van der Waals surface area contributed by atoms with Crippen LogP contribution < -0.4 is 17.2 Å². The molecule has 9 N–H and O–H groups in total. The zero-order valence-electron chi connectivity index (χ0n) is 16.3. The fraction of sp³-hybridized carbons (Fsp3) is 0.500. The fourth-order valence-corrected chi connectivity index (χ4v) is 6.01. The molecule has 0 radical (unpaired) electrons. The Morgan fingerprint density at radius 1 is 1.27 bits per heavy atom. The van der Waals surface area contributed by atoms with Gasteiger partial charge in [-0.15, -0.1) is 0 Å². The molecule has 1 saturated heterocycles. The Morgan fingerprint density at radius 3 is 2.39 bits per heavy atom. The number of anilines is 1. The van der Waals surface area contributed by atoms with Crippen molar-refractivity contribution in [3.05, 3.63) is 22.2 Å². The van der Waals surface area contributed by atoms with Crippen molar-refractivity contribution in [2.45, 2.75) is 30.9 Å². The van der Waals surface area contributed by atoms with E-state index in [1.54, 1.807) is 0 Å². The molecule has 6 atom stereocenters. The van der Waals surface area contributed by atoms with Crippen molar-refractivity contribution in [2.24, 2.45) is 5.73 Å². The minimum atomic E-state index is -5.76. The van der Waals surface area contributed by atoms with Gasteiger partial charge in [0.2, 0.25) is 0 Å². The molecule has 2 heterocycles. The topological polar surface area (TPSA) is 276 Å². The summed E-state index contributed by atoms with van der Waals surface area (Å²) in [6.07, 6.45) is -5.00. The molecule has 1 fully saturated rings. The number of halogens is 1. The highest BCUT2D eigenvalue weighted by Gasteiger charge is 2.55. The van der Waals surface area contributed by atoms with Crippen LogP contribution in [0.25, 0.3) is 0 Å². The third-order valence-electron chi connectivity index (χ3n) is 4.04. The van der Waals surface area contributed by atoms with Crippen LogP contribution in [0.5, 0.6) is 0 Å². The second kappa shape index (κ2) is 9.82. The quantitative estimate of drug-likeness (QED) is 0.144. The first-order chi connectivity index (χ1) is 14.9. The summed E-state index contributed by atoms with van der Waals surface area (Å²) in [5.41, 5.74) is 8.77. The summed E-state index contributed by atoms with van der Waals surface area (Å²) in [7, 11) is -16.9. The van der Waals surface area contributed by atoms with Crippen molar-refractivity contribution in [2.75, 3.05) is 12.3 Å². The molecule has 1 aromatic rings. The van der Waals surface area contributed by atoms with Gasteiger partial charge in [-0.05, 0) is 24.6 Å². The van der Waals surface area contributed by atoms with Crippen LogP contribution in [0, 0.1) is 18.2 Å². The highest BCUT2D eigenvalue weighted by molar-refractivity contribution is 7.66. The normalized spacial score (nSPS) is 29.0. The molecule has 2 rings (SSSR count). The van der Waals surface area contributed by atoms with E-state index in [1.165, 1.54) is 13.0 Å². The van der Waals surface area contributed by atoms with Gasteiger partial charge >= 0.3 is 29.2 Å². The zero-order valence-corrected chi connectivity index (χ0v) is 19.7. The van der Waals surface area contributed by atoms with Crippen LogP contribution in [0.15, 0.2) is 10.9 Å². The smallest absolute Gasteiger partial charge is 0.387 e. The molecule has 1 aliphatic heterocycles. The Bertz CT molecular complexity index is 1180. The second-order valence-electron chi connectivity index (χ2n) is 6.49. The number of rotatable bonds is 8. The Balaban J connectivity index is 2.28. The number of aliphatic hydroxyl groups is 1. The summed E-state index contributed by atoms with van der Waals surface area (Å²) < 4.78 is 51.9. The van der Waals surface area contributed by atoms with Crippen molar-refractivity contribution in [3.63, 3.8) is 0 Å². The largest absolute Gasteiger partial charge is 0.490 e. The molecule has 0 amide bonds. The fourth-order valence-electron chi connectivity index (χ4n) is 2.82. The summed E-state index contributed by atoms with van der Waals surface area (Å²) in [6.45, 7) is 0.379. The number of aromatic nitrogens is 2. The molecular formula is C12H18ClN4O13P3. The number of nitrogen functional groups attached to an aromatic ring is 1. The van der Waals surface area contributed by atoms with Gasteiger partial charge in [-0.2, -0.15) is 13.6 Å². The molecule has 186 valence electrons. The van der Waals surface area contributed by atoms with Gasteiger partial charge in [0.15, 0.2) is 11.8 Å². The van der Waals surface area contributed by atoms with E-state index in [0.29, 0.717) is 0 Å². The molecule has 0 spiro atoms. The van der Waals surface area contributed by atoms with E-state index in [4.69, 9.17) is 37.6 Å². The van der Waals surface area contributed by atoms with Crippen molar-refractivity contribution in [1.82, 2.24) is 9.55 Å². The number of aliphatic hydroxyl groups excluding tert-OH is 1. The molecule has 17 nitrogen and oxygen atoms in total. The van der Waals surface area contributed by atoms with Gasteiger partial charge in [0.1, 0.15) is 18.0 Å². The first kappa shape index (κ1) is 28.1. The van der Waals surface area contributed by atoms with Crippen LogP contribution in [0.3, 0.4) is 0 Å². The van der Waals surface area contributed by atoms with Crippen molar-refractivity contribution in [3.8, 4) is 11.3 Å². The van der Waals surface area contributed by atoms with Crippen LogP contribution in [0.4, 0.5) is 5.82 Å². The standard InChI is InChI=1S/C12H18ClN4O13P3/c1-6-4-8(14)16-11(19)17(6)10-12(15,2-3-13)9(18)7(28-10)5-27-32(23,24)30-33(25,26)29-31(20,21)22/h4,7,9-10,18H,5,15H2,1H3,(H,23,24)(H,25,26)(H2,14,16,19)(H2,20,21,22)/t7-,9+,10-,12?/m1/s1. The maximum atomic E-state index is 12.3. The van der Waals surface area contributed by atoms with E-state index in [1.807, 2.05) is 5.38 Å². The highest BCUT2D eigenvalue weighted by atomic mass is 35.5. The third-order valence-corrected chi connectivity index (χ3v) is 7.93. The summed E-state index contributed by atoms with van der Waals surface area (Å²) in [4.78, 5) is 51.7. The van der Waals surface area contributed by atoms with Gasteiger partial charge in [-0.25, -0.2) is 18.5 Å². The first-order valence-corrected chi connectivity index (χ1v) is 13.2. The molecule has 1 aliphatic rings.